The van der Waals surface area contributed by atoms with E-state index in [4.69, 9.17) is 0 Å². The SMILES string of the molecule is CC(=O)NCc1nc(C)c(-c2csc(CC(=O)Cc3ccc(S(=O)(=O)C(F)(F)F)cc3)n2)s1. The molecule has 1 aromatic carbocycles. The van der Waals surface area contributed by atoms with Gasteiger partial charge >= 0.3 is 5.51 Å². The molecule has 0 unspecified atom stereocenters. The van der Waals surface area contributed by atoms with E-state index in [-0.39, 0.29) is 24.5 Å². The number of hydrogen-bond donors (Lipinski definition) is 1. The topological polar surface area (TPSA) is 106 Å². The Balaban J connectivity index is 1.64. The van der Waals surface area contributed by atoms with Gasteiger partial charge in [-0.2, -0.15) is 13.2 Å². The third-order valence-corrected chi connectivity index (χ3v) is 7.93. The molecule has 0 radical (unpaired) electrons. The van der Waals surface area contributed by atoms with Gasteiger partial charge in [0.25, 0.3) is 9.84 Å². The van der Waals surface area contributed by atoms with Crippen LogP contribution < -0.4 is 5.32 Å². The van der Waals surface area contributed by atoms with Gasteiger partial charge in [-0.3, -0.25) is 9.59 Å². The molecule has 0 aliphatic carbocycles. The van der Waals surface area contributed by atoms with Crippen LogP contribution in [0.3, 0.4) is 0 Å². The molecule has 0 aliphatic rings. The van der Waals surface area contributed by atoms with Crippen molar-refractivity contribution in [2.45, 2.75) is 43.6 Å². The summed E-state index contributed by atoms with van der Waals surface area (Å²) >= 11 is 2.70. The van der Waals surface area contributed by atoms with Crippen LogP contribution in [0.1, 0.15) is 28.2 Å². The molecule has 0 spiro atoms. The lowest BCUT2D eigenvalue weighted by molar-refractivity contribution is -0.119. The van der Waals surface area contributed by atoms with Gasteiger partial charge in [0.15, 0.2) is 0 Å². The second-order valence-electron chi connectivity index (χ2n) is 7.04. The number of aryl methyl sites for hydroxylation is 1. The Morgan fingerprint density at radius 3 is 2.33 bits per heavy atom. The summed E-state index contributed by atoms with van der Waals surface area (Å²) in [5.41, 5.74) is -3.54. The highest BCUT2D eigenvalue weighted by atomic mass is 32.2. The monoisotopic (exact) mass is 517 g/mol. The maximum Gasteiger partial charge on any atom is 0.501 e. The Hall–Kier alpha value is -2.64. The number of benzene rings is 1. The van der Waals surface area contributed by atoms with Crippen LogP contribution in [-0.4, -0.2) is 35.6 Å². The first-order valence-electron chi connectivity index (χ1n) is 9.44. The highest BCUT2D eigenvalue weighted by molar-refractivity contribution is 7.92. The number of thiazole rings is 2. The standard InChI is InChI=1S/C20H18F3N3O4S3/c1-11-19(32-18(25-11)9-24-12(2)27)16-10-31-17(26-16)8-14(28)7-13-3-5-15(6-4-13)33(29,30)20(21,22)23/h3-6,10H,7-9H2,1-2H3,(H,24,27). The van der Waals surface area contributed by atoms with Gasteiger partial charge in [-0.25, -0.2) is 18.4 Å². The van der Waals surface area contributed by atoms with Gasteiger partial charge in [0.05, 0.1) is 34.1 Å². The molecule has 0 aliphatic heterocycles. The molecule has 0 bridgehead atoms. The fourth-order valence-corrected chi connectivity index (χ4v) is 5.46. The normalized spacial score (nSPS) is 12.0. The van der Waals surface area contributed by atoms with Crippen LogP contribution in [0.4, 0.5) is 13.2 Å². The summed E-state index contributed by atoms with van der Waals surface area (Å²) in [5.74, 6) is -0.370. The molecule has 0 atom stereocenters. The van der Waals surface area contributed by atoms with Gasteiger partial charge in [0, 0.05) is 18.7 Å². The molecule has 33 heavy (non-hydrogen) atoms. The average Bonchev–Trinajstić information content (AvgIpc) is 3.32. The molecule has 176 valence electrons. The lowest BCUT2D eigenvalue weighted by Gasteiger charge is -2.08. The number of nitrogens with one attached hydrogen (secondary N) is 1. The molecule has 7 nitrogen and oxygen atoms in total. The number of nitrogens with zero attached hydrogens (tertiary/aromatic N) is 2. The number of halogens is 3. The summed E-state index contributed by atoms with van der Waals surface area (Å²) in [6, 6.07) is 4.08. The lowest BCUT2D eigenvalue weighted by Crippen LogP contribution is -2.23. The lowest BCUT2D eigenvalue weighted by atomic mass is 10.1. The van der Waals surface area contributed by atoms with Crippen LogP contribution >= 0.6 is 22.7 Å². The summed E-state index contributed by atoms with van der Waals surface area (Å²) in [7, 11) is -5.42. The van der Waals surface area contributed by atoms with Crippen molar-refractivity contribution in [3.63, 3.8) is 0 Å². The Labute approximate surface area is 195 Å². The second-order valence-corrected chi connectivity index (χ2v) is 11.0. The minimum Gasteiger partial charge on any atom is -0.350 e. The molecule has 3 rings (SSSR count). The number of carbonyl (C=O) groups is 2. The van der Waals surface area contributed by atoms with Gasteiger partial charge in [-0.05, 0) is 24.6 Å². The molecule has 1 amide bonds. The summed E-state index contributed by atoms with van der Waals surface area (Å²) in [4.78, 5) is 32.3. The quantitative estimate of drug-likeness (QED) is 0.487. The van der Waals surface area contributed by atoms with E-state index < -0.39 is 20.2 Å². The highest BCUT2D eigenvalue weighted by Gasteiger charge is 2.46. The highest BCUT2D eigenvalue weighted by Crippen LogP contribution is 2.32. The minimum absolute atomic E-state index is 0.0316. The number of amides is 1. The number of rotatable bonds is 8. The van der Waals surface area contributed by atoms with Gasteiger partial charge in [-0.1, -0.05) is 12.1 Å². The molecule has 0 saturated heterocycles. The van der Waals surface area contributed by atoms with Gasteiger partial charge < -0.3 is 5.32 Å². The number of carbonyl (C=O) groups excluding carboxylic acids is 2. The molecule has 13 heteroatoms. The molecule has 2 heterocycles. The van der Waals surface area contributed by atoms with E-state index in [1.165, 1.54) is 41.7 Å². The third-order valence-electron chi connectivity index (χ3n) is 4.40. The zero-order valence-electron chi connectivity index (χ0n) is 17.4. The first kappa shape index (κ1) is 25.0. The molecule has 2 aromatic heterocycles. The number of ketones is 1. The van der Waals surface area contributed by atoms with Crippen molar-refractivity contribution in [2.75, 3.05) is 0 Å². The molecule has 3 aromatic rings. The number of aromatic nitrogens is 2. The first-order valence-corrected chi connectivity index (χ1v) is 12.6. The average molecular weight is 518 g/mol. The van der Waals surface area contributed by atoms with Crippen LogP contribution in [0.15, 0.2) is 34.5 Å². The van der Waals surface area contributed by atoms with Crippen molar-refractivity contribution in [1.29, 1.82) is 0 Å². The van der Waals surface area contributed by atoms with Crippen molar-refractivity contribution in [3.8, 4) is 10.6 Å². The molecular weight excluding hydrogens is 499 g/mol. The van der Waals surface area contributed by atoms with Gasteiger partial charge in [0.1, 0.15) is 15.8 Å². The zero-order chi connectivity index (χ0) is 24.4. The maximum atomic E-state index is 12.6. The molecule has 0 fully saturated rings. The predicted octanol–water partition coefficient (Wildman–Crippen LogP) is 3.86. The van der Waals surface area contributed by atoms with Crippen molar-refractivity contribution in [1.82, 2.24) is 15.3 Å². The van der Waals surface area contributed by atoms with Crippen LogP contribution in [0.25, 0.3) is 10.6 Å². The smallest absolute Gasteiger partial charge is 0.350 e. The van der Waals surface area contributed by atoms with Crippen molar-refractivity contribution < 1.29 is 31.2 Å². The number of hydrogen-bond acceptors (Lipinski definition) is 8. The fraction of sp³-hybridized carbons (Fsp3) is 0.300. The van der Waals surface area contributed by atoms with E-state index in [1.807, 2.05) is 12.3 Å². The second kappa shape index (κ2) is 9.69. The summed E-state index contributed by atoms with van der Waals surface area (Å²) in [6.07, 6.45) is -0.0361. The number of alkyl halides is 3. The number of Topliss-reactive ketones (excluding diaryl/α,β-unsaturated/α-hetero) is 1. The molecular formula is C20H18F3N3O4S3. The number of sulfone groups is 1. The predicted molar refractivity (Wildman–Crippen MR) is 118 cm³/mol. The minimum atomic E-state index is -5.42. The van der Waals surface area contributed by atoms with E-state index in [1.54, 1.807) is 0 Å². The summed E-state index contributed by atoms with van der Waals surface area (Å²) < 4.78 is 60.7. The Kier molecular flexibility index (Phi) is 7.34. The van der Waals surface area contributed by atoms with Crippen LogP contribution in [0, 0.1) is 6.92 Å². The fourth-order valence-electron chi connectivity index (χ4n) is 2.84. The summed E-state index contributed by atoms with van der Waals surface area (Å²) in [6.45, 7) is 3.57. The zero-order valence-corrected chi connectivity index (χ0v) is 19.8. The van der Waals surface area contributed by atoms with E-state index in [0.29, 0.717) is 22.8 Å². The van der Waals surface area contributed by atoms with Crippen molar-refractivity contribution >= 4 is 44.2 Å². The van der Waals surface area contributed by atoms with Gasteiger partial charge in [0.2, 0.25) is 5.91 Å². The largest absolute Gasteiger partial charge is 0.501 e. The van der Waals surface area contributed by atoms with Crippen LogP contribution in [0.5, 0.6) is 0 Å². The van der Waals surface area contributed by atoms with Crippen LogP contribution in [-0.2, 0) is 38.8 Å². The third kappa shape index (κ3) is 6.03. The van der Waals surface area contributed by atoms with Crippen molar-refractivity contribution in [2.24, 2.45) is 0 Å². The van der Waals surface area contributed by atoms with E-state index in [9.17, 15) is 31.2 Å². The Bertz CT molecular complexity index is 1280. The molecule has 1 N–H and O–H groups in total. The molecule has 0 saturated carbocycles. The Morgan fingerprint density at radius 1 is 1.06 bits per heavy atom. The van der Waals surface area contributed by atoms with Gasteiger partial charge in [-0.15, -0.1) is 22.7 Å². The summed E-state index contributed by atoms with van der Waals surface area (Å²) in [5, 5.41) is 5.80. The van der Waals surface area contributed by atoms with Crippen LogP contribution in [0.2, 0.25) is 0 Å². The first-order chi connectivity index (χ1) is 15.4. The maximum absolute atomic E-state index is 12.6. The van der Waals surface area contributed by atoms with E-state index in [0.717, 1.165) is 27.7 Å². The Morgan fingerprint density at radius 2 is 1.73 bits per heavy atom. The van der Waals surface area contributed by atoms with E-state index >= 15 is 0 Å². The van der Waals surface area contributed by atoms with Crippen molar-refractivity contribution in [3.05, 3.63) is 50.9 Å². The van der Waals surface area contributed by atoms with E-state index in [2.05, 4.69) is 15.3 Å².